The quantitative estimate of drug-likeness (QED) is 0.662. The lowest BCUT2D eigenvalue weighted by molar-refractivity contribution is 0.628. The number of nitrogens with one attached hydrogen (secondary N) is 2. The molecule has 3 aromatic rings. The lowest BCUT2D eigenvalue weighted by atomic mass is 10.2. The Labute approximate surface area is 141 Å². The van der Waals surface area contributed by atoms with Crippen molar-refractivity contribution in [2.75, 3.05) is 10.6 Å². The van der Waals surface area contributed by atoms with Crippen molar-refractivity contribution in [3.63, 3.8) is 0 Å². The summed E-state index contributed by atoms with van der Waals surface area (Å²) in [6, 6.07) is 13.9. The van der Waals surface area contributed by atoms with Crippen LogP contribution in [-0.2, 0) is 0 Å². The van der Waals surface area contributed by atoms with E-state index in [-0.39, 0.29) is 5.82 Å². The molecule has 0 amide bonds. The molecule has 2 aromatic carbocycles. The average Bonchev–Trinajstić information content (AvgIpc) is 2.51. The summed E-state index contributed by atoms with van der Waals surface area (Å²) in [6.07, 6.45) is 1.64. The number of rotatable bonds is 4. The molecule has 0 radical (unpaired) electrons. The Morgan fingerprint density at radius 2 is 1.91 bits per heavy atom. The van der Waals surface area contributed by atoms with Gasteiger partial charge in [0.2, 0.25) is 5.95 Å². The lowest BCUT2D eigenvalue weighted by Crippen LogP contribution is -2.01. The molecule has 4 nitrogen and oxygen atoms in total. The van der Waals surface area contributed by atoms with Gasteiger partial charge in [-0.25, -0.2) is 9.37 Å². The Morgan fingerprint density at radius 1 is 1.04 bits per heavy atom. The smallest absolute Gasteiger partial charge is 0.229 e. The molecule has 0 spiro atoms. The number of hydrogen-bond acceptors (Lipinski definition) is 4. The Bertz CT molecular complexity index is 838. The molecule has 116 valence electrons. The van der Waals surface area contributed by atoms with Crippen molar-refractivity contribution in [1.82, 2.24) is 9.97 Å². The first-order valence-electron chi connectivity index (χ1n) is 6.99. The van der Waals surface area contributed by atoms with Crippen LogP contribution in [0.3, 0.4) is 0 Å². The van der Waals surface area contributed by atoms with Gasteiger partial charge in [-0.15, -0.1) is 0 Å². The van der Waals surface area contributed by atoms with Crippen LogP contribution in [0.15, 0.2) is 59.2 Å². The van der Waals surface area contributed by atoms with Gasteiger partial charge in [0, 0.05) is 16.4 Å². The van der Waals surface area contributed by atoms with Crippen molar-refractivity contribution in [3.8, 4) is 0 Å². The van der Waals surface area contributed by atoms with Crippen LogP contribution in [0, 0.1) is 12.7 Å². The van der Waals surface area contributed by atoms with Crippen LogP contribution in [0.1, 0.15) is 5.56 Å². The molecule has 23 heavy (non-hydrogen) atoms. The second-order valence-electron chi connectivity index (χ2n) is 5.01. The molecule has 0 saturated heterocycles. The summed E-state index contributed by atoms with van der Waals surface area (Å²) >= 11 is 3.52. The predicted molar refractivity (Wildman–Crippen MR) is 93.9 cm³/mol. The van der Waals surface area contributed by atoms with E-state index in [2.05, 4.69) is 36.5 Å². The molecule has 3 rings (SSSR count). The summed E-state index contributed by atoms with van der Waals surface area (Å²) in [4.78, 5) is 8.53. The van der Waals surface area contributed by atoms with Gasteiger partial charge in [-0.1, -0.05) is 12.1 Å². The Balaban J connectivity index is 1.79. The number of anilines is 4. The minimum Gasteiger partial charge on any atom is -0.339 e. The number of aryl methyl sites for hydroxylation is 1. The molecule has 0 aliphatic heterocycles. The van der Waals surface area contributed by atoms with Gasteiger partial charge in [-0.3, -0.25) is 0 Å². The fourth-order valence-electron chi connectivity index (χ4n) is 2.04. The SMILES string of the molecule is Cc1ccc(Nc2ccnc(Nc3cccc(F)c3)n2)c(Br)c1. The van der Waals surface area contributed by atoms with Gasteiger partial charge in [-0.2, -0.15) is 4.98 Å². The fourth-order valence-corrected chi connectivity index (χ4v) is 2.64. The zero-order chi connectivity index (χ0) is 16.2. The summed E-state index contributed by atoms with van der Waals surface area (Å²) in [5.74, 6) is 0.722. The van der Waals surface area contributed by atoms with Gasteiger partial charge < -0.3 is 10.6 Å². The monoisotopic (exact) mass is 372 g/mol. The molecule has 0 fully saturated rings. The largest absolute Gasteiger partial charge is 0.339 e. The topological polar surface area (TPSA) is 49.8 Å². The van der Waals surface area contributed by atoms with Crippen LogP contribution in [0.4, 0.5) is 27.5 Å². The maximum Gasteiger partial charge on any atom is 0.229 e. The number of hydrogen-bond donors (Lipinski definition) is 2. The molecule has 0 aliphatic rings. The van der Waals surface area contributed by atoms with Gasteiger partial charge in [0.25, 0.3) is 0 Å². The Morgan fingerprint density at radius 3 is 2.70 bits per heavy atom. The highest BCUT2D eigenvalue weighted by molar-refractivity contribution is 9.10. The van der Waals surface area contributed by atoms with Gasteiger partial charge in [-0.05, 0) is 64.8 Å². The van der Waals surface area contributed by atoms with Crippen molar-refractivity contribution in [3.05, 3.63) is 70.6 Å². The molecule has 0 atom stereocenters. The summed E-state index contributed by atoms with van der Waals surface area (Å²) in [5, 5.41) is 6.21. The zero-order valence-electron chi connectivity index (χ0n) is 12.3. The summed E-state index contributed by atoms with van der Waals surface area (Å²) < 4.78 is 14.2. The van der Waals surface area contributed by atoms with E-state index < -0.39 is 0 Å². The molecule has 0 unspecified atom stereocenters. The first-order chi connectivity index (χ1) is 11.1. The van der Waals surface area contributed by atoms with Crippen LogP contribution in [0.2, 0.25) is 0 Å². The van der Waals surface area contributed by atoms with Crippen molar-refractivity contribution < 1.29 is 4.39 Å². The minimum atomic E-state index is -0.312. The molecule has 0 aliphatic carbocycles. The Kier molecular flexibility index (Phi) is 4.52. The lowest BCUT2D eigenvalue weighted by Gasteiger charge is -2.10. The van der Waals surface area contributed by atoms with E-state index in [9.17, 15) is 4.39 Å². The predicted octanol–water partition coefficient (Wildman–Crippen LogP) is 5.17. The van der Waals surface area contributed by atoms with Crippen LogP contribution >= 0.6 is 15.9 Å². The third-order valence-electron chi connectivity index (χ3n) is 3.12. The Hall–Kier alpha value is -2.47. The number of halogens is 2. The molecule has 1 aromatic heterocycles. The first kappa shape index (κ1) is 15.4. The summed E-state index contributed by atoms with van der Waals surface area (Å²) in [7, 11) is 0. The molecule has 0 saturated carbocycles. The van der Waals surface area contributed by atoms with Crippen LogP contribution in [0.25, 0.3) is 0 Å². The maximum absolute atomic E-state index is 13.2. The second kappa shape index (κ2) is 6.75. The second-order valence-corrected chi connectivity index (χ2v) is 5.86. The third-order valence-corrected chi connectivity index (χ3v) is 3.78. The molecular formula is C17H14BrFN4. The van der Waals surface area contributed by atoms with Crippen LogP contribution in [-0.4, -0.2) is 9.97 Å². The van der Waals surface area contributed by atoms with E-state index >= 15 is 0 Å². The highest BCUT2D eigenvalue weighted by atomic mass is 79.9. The normalized spacial score (nSPS) is 10.4. The van der Waals surface area contributed by atoms with Gasteiger partial charge in [0.1, 0.15) is 11.6 Å². The standard InChI is InChI=1S/C17H14BrFN4/c1-11-5-6-15(14(18)9-11)22-16-7-8-20-17(23-16)21-13-4-2-3-12(19)10-13/h2-10H,1H3,(H2,20,21,22,23). The van der Waals surface area contributed by atoms with Crippen molar-refractivity contribution in [2.45, 2.75) is 6.92 Å². The summed E-state index contributed by atoms with van der Waals surface area (Å²) in [6.45, 7) is 2.03. The molecule has 6 heteroatoms. The van der Waals surface area contributed by atoms with Crippen LogP contribution in [0.5, 0.6) is 0 Å². The summed E-state index contributed by atoms with van der Waals surface area (Å²) in [5.41, 5.74) is 2.67. The highest BCUT2D eigenvalue weighted by Crippen LogP contribution is 2.26. The first-order valence-corrected chi connectivity index (χ1v) is 7.78. The fraction of sp³-hybridized carbons (Fsp3) is 0.0588. The average molecular weight is 373 g/mol. The molecular weight excluding hydrogens is 359 g/mol. The number of nitrogens with zero attached hydrogens (tertiary/aromatic N) is 2. The number of aromatic nitrogens is 2. The van der Waals surface area contributed by atoms with E-state index in [1.165, 1.54) is 17.7 Å². The van der Waals surface area contributed by atoms with E-state index in [1.54, 1.807) is 24.4 Å². The van der Waals surface area contributed by atoms with Gasteiger partial charge in [0.05, 0.1) is 5.69 Å². The highest BCUT2D eigenvalue weighted by Gasteiger charge is 2.04. The molecule has 0 bridgehead atoms. The van der Waals surface area contributed by atoms with Gasteiger partial charge >= 0.3 is 0 Å². The van der Waals surface area contributed by atoms with Crippen molar-refractivity contribution in [1.29, 1.82) is 0 Å². The number of benzene rings is 2. The van der Waals surface area contributed by atoms with Gasteiger partial charge in [0.15, 0.2) is 0 Å². The minimum absolute atomic E-state index is 0.312. The maximum atomic E-state index is 13.2. The van der Waals surface area contributed by atoms with E-state index in [0.717, 1.165) is 10.2 Å². The molecule has 1 heterocycles. The van der Waals surface area contributed by atoms with Crippen LogP contribution < -0.4 is 10.6 Å². The zero-order valence-corrected chi connectivity index (χ0v) is 13.9. The van der Waals surface area contributed by atoms with E-state index in [4.69, 9.17) is 0 Å². The van der Waals surface area contributed by atoms with E-state index in [1.807, 2.05) is 25.1 Å². The molecule has 2 N–H and O–H groups in total. The van der Waals surface area contributed by atoms with Crippen molar-refractivity contribution in [2.24, 2.45) is 0 Å². The van der Waals surface area contributed by atoms with Crippen molar-refractivity contribution >= 4 is 39.1 Å². The third kappa shape index (κ3) is 4.04. The van der Waals surface area contributed by atoms with E-state index in [0.29, 0.717) is 17.5 Å².